The molecule has 0 radical (unpaired) electrons. The van der Waals surface area contributed by atoms with E-state index in [4.69, 9.17) is 5.73 Å². The van der Waals surface area contributed by atoms with Crippen molar-refractivity contribution in [2.24, 2.45) is 5.73 Å². The van der Waals surface area contributed by atoms with Crippen LogP contribution in [0.15, 0.2) is 24.3 Å². The average molecular weight is 220 g/mol. The highest BCUT2D eigenvalue weighted by Gasteiger charge is 2.32. The van der Waals surface area contributed by atoms with Gasteiger partial charge in [0.05, 0.1) is 6.61 Å². The van der Waals surface area contributed by atoms with Crippen LogP contribution in [-0.2, 0) is 0 Å². The Morgan fingerprint density at radius 3 is 2.75 bits per heavy atom. The Bertz CT molecular complexity index is 365. The molecular weight excluding hydrogens is 200 g/mol. The lowest BCUT2D eigenvalue weighted by atomic mass is 9.94. The lowest BCUT2D eigenvalue weighted by Crippen LogP contribution is -2.37. The Morgan fingerprint density at radius 2 is 2.12 bits per heavy atom. The summed E-state index contributed by atoms with van der Waals surface area (Å²) >= 11 is 0. The zero-order valence-corrected chi connectivity index (χ0v) is 9.93. The monoisotopic (exact) mass is 220 g/mol. The fourth-order valence-corrected chi connectivity index (χ4v) is 2.45. The number of para-hydroxylation sites is 1. The maximum Gasteiger partial charge on any atom is 0.0589 e. The molecule has 2 atom stereocenters. The summed E-state index contributed by atoms with van der Waals surface area (Å²) in [5.74, 6) is 0.253. The summed E-state index contributed by atoms with van der Waals surface area (Å²) in [5.41, 5.74) is 8.52. The molecule has 0 fully saturated rings. The molecule has 2 unspecified atom stereocenters. The van der Waals surface area contributed by atoms with Gasteiger partial charge in [0.1, 0.15) is 0 Å². The molecule has 16 heavy (non-hydrogen) atoms. The quantitative estimate of drug-likeness (QED) is 0.807. The van der Waals surface area contributed by atoms with Crippen LogP contribution in [0.5, 0.6) is 0 Å². The summed E-state index contributed by atoms with van der Waals surface area (Å²) in [7, 11) is 0. The summed E-state index contributed by atoms with van der Waals surface area (Å²) in [6, 6.07) is 8.67. The molecule has 3 nitrogen and oxygen atoms in total. The molecule has 3 N–H and O–H groups in total. The molecule has 0 bridgehead atoms. The Labute approximate surface area is 96.9 Å². The van der Waals surface area contributed by atoms with Gasteiger partial charge in [-0.15, -0.1) is 0 Å². The third-order valence-corrected chi connectivity index (χ3v) is 3.39. The summed E-state index contributed by atoms with van der Waals surface area (Å²) in [5, 5.41) is 9.20. The van der Waals surface area contributed by atoms with E-state index < -0.39 is 0 Å². The number of fused-ring (bicyclic) bond motifs is 1. The lowest BCUT2D eigenvalue weighted by Gasteiger charge is -2.25. The smallest absolute Gasteiger partial charge is 0.0589 e. The predicted molar refractivity (Wildman–Crippen MR) is 66.7 cm³/mol. The van der Waals surface area contributed by atoms with Crippen LogP contribution in [0.25, 0.3) is 0 Å². The molecule has 1 aromatic carbocycles. The summed E-state index contributed by atoms with van der Waals surface area (Å²) in [6.45, 7) is 5.33. The highest BCUT2D eigenvalue weighted by atomic mass is 16.3. The van der Waals surface area contributed by atoms with E-state index in [0.29, 0.717) is 6.04 Å². The molecule has 1 aliphatic rings. The second kappa shape index (κ2) is 4.44. The number of benzene rings is 1. The van der Waals surface area contributed by atoms with E-state index in [1.807, 2.05) is 6.07 Å². The van der Waals surface area contributed by atoms with E-state index in [-0.39, 0.29) is 18.6 Å². The minimum Gasteiger partial charge on any atom is -0.395 e. The summed E-state index contributed by atoms with van der Waals surface area (Å²) in [4.78, 5) is 2.36. The molecule has 0 aromatic heterocycles. The van der Waals surface area contributed by atoms with Crippen molar-refractivity contribution in [3.05, 3.63) is 29.8 Å². The molecule has 0 saturated carbocycles. The van der Waals surface area contributed by atoms with Crippen molar-refractivity contribution in [3.8, 4) is 0 Å². The number of nitrogens with two attached hydrogens (primary N) is 1. The van der Waals surface area contributed by atoms with Gasteiger partial charge < -0.3 is 15.7 Å². The van der Waals surface area contributed by atoms with Gasteiger partial charge in [-0.1, -0.05) is 18.2 Å². The van der Waals surface area contributed by atoms with Crippen molar-refractivity contribution in [1.82, 2.24) is 0 Å². The maximum atomic E-state index is 9.20. The molecule has 88 valence electrons. The number of hydrogen-bond donors (Lipinski definition) is 2. The number of anilines is 1. The standard InChI is InChI=1S/C13H20N2O/c1-9(2)15-7-11(12(14)8-16)10-5-3-4-6-13(10)15/h3-6,9,11-12,16H,7-8,14H2,1-2H3. The van der Waals surface area contributed by atoms with Gasteiger partial charge in [-0.2, -0.15) is 0 Å². The van der Waals surface area contributed by atoms with Crippen LogP contribution in [0.2, 0.25) is 0 Å². The Balaban J connectivity index is 2.35. The number of rotatable bonds is 3. The number of hydrogen-bond acceptors (Lipinski definition) is 3. The summed E-state index contributed by atoms with van der Waals surface area (Å²) < 4.78 is 0. The van der Waals surface area contributed by atoms with E-state index in [0.717, 1.165) is 6.54 Å². The molecule has 0 amide bonds. The highest BCUT2D eigenvalue weighted by Crippen LogP contribution is 2.38. The first-order valence-corrected chi connectivity index (χ1v) is 5.87. The molecule has 1 heterocycles. The van der Waals surface area contributed by atoms with Crippen LogP contribution in [0.3, 0.4) is 0 Å². The third kappa shape index (κ3) is 1.81. The zero-order chi connectivity index (χ0) is 11.7. The number of nitrogens with zero attached hydrogens (tertiary/aromatic N) is 1. The zero-order valence-electron chi connectivity index (χ0n) is 9.93. The maximum absolute atomic E-state index is 9.20. The normalized spacial score (nSPS) is 21.3. The van der Waals surface area contributed by atoms with Gasteiger partial charge in [0.2, 0.25) is 0 Å². The second-order valence-corrected chi connectivity index (χ2v) is 4.76. The molecule has 0 saturated heterocycles. The van der Waals surface area contributed by atoms with E-state index in [2.05, 4.69) is 36.9 Å². The lowest BCUT2D eigenvalue weighted by molar-refractivity contribution is 0.251. The van der Waals surface area contributed by atoms with Gasteiger partial charge in [-0.3, -0.25) is 0 Å². The van der Waals surface area contributed by atoms with Crippen LogP contribution in [0, 0.1) is 0 Å². The first-order chi connectivity index (χ1) is 7.65. The van der Waals surface area contributed by atoms with Crippen LogP contribution in [0.1, 0.15) is 25.3 Å². The van der Waals surface area contributed by atoms with Gasteiger partial charge in [-0.05, 0) is 25.5 Å². The van der Waals surface area contributed by atoms with Gasteiger partial charge >= 0.3 is 0 Å². The Morgan fingerprint density at radius 1 is 1.44 bits per heavy atom. The first-order valence-electron chi connectivity index (χ1n) is 5.87. The molecule has 0 spiro atoms. The van der Waals surface area contributed by atoms with Crippen molar-refractivity contribution < 1.29 is 5.11 Å². The molecule has 1 aliphatic heterocycles. The van der Waals surface area contributed by atoms with E-state index >= 15 is 0 Å². The average Bonchev–Trinajstić information content (AvgIpc) is 2.67. The molecule has 3 heteroatoms. The number of aliphatic hydroxyl groups excluding tert-OH is 1. The second-order valence-electron chi connectivity index (χ2n) is 4.76. The SMILES string of the molecule is CC(C)N1CC(C(N)CO)c2ccccc21. The molecule has 1 aromatic rings. The molecular formula is C13H20N2O. The minimum atomic E-state index is -0.162. The molecule has 2 rings (SSSR count). The van der Waals surface area contributed by atoms with Crippen molar-refractivity contribution in [1.29, 1.82) is 0 Å². The fraction of sp³-hybridized carbons (Fsp3) is 0.538. The Kier molecular flexibility index (Phi) is 3.17. The summed E-state index contributed by atoms with van der Waals surface area (Å²) in [6.07, 6.45) is 0. The minimum absolute atomic E-state index is 0.0466. The largest absolute Gasteiger partial charge is 0.395 e. The van der Waals surface area contributed by atoms with Gasteiger partial charge in [-0.25, -0.2) is 0 Å². The van der Waals surface area contributed by atoms with Crippen LogP contribution < -0.4 is 10.6 Å². The van der Waals surface area contributed by atoms with Gasteiger partial charge in [0, 0.05) is 30.2 Å². The van der Waals surface area contributed by atoms with Gasteiger partial charge in [0.25, 0.3) is 0 Å². The van der Waals surface area contributed by atoms with E-state index in [1.165, 1.54) is 11.3 Å². The first kappa shape index (κ1) is 11.4. The van der Waals surface area contributed by atoms with E-state index in [9.17, 15) is 5.11 Å². The third-order valence-electron chi connectivity index (χ3n) is 3.39. The number of aliphatic hydroxyl groups is 1. The van der Waals surface area contributed by atoms with Gasteiger partial charge in [0.15, 0.2) is 0 Å². The van der Waals surface area contributed by atoms with Crippen molar-refractivity contribution in [3.63, 3.8) is 0 Å². The van der Waals surface area contributed by atoms with Crippen LogP contribution >= 0.6 is 0 Å². The molecule has 0 aliphatic carbocycles. The van der Waals surface area contributed by atoms with Crippen molar-refractivity contribution in [2.75, 3.05) is 18.1 Å². The van der Waals surface area contributed by atoms with Crippen LogP contribution in [0.4, 0.5) is 5.69 Å². The van der Waals surface area contributed by atoms with Crippen LogP contribution in [-0.4, -0.2) is 30.3 Å². The Hall–Kier alpha value is -1.06. The van der Waals surface area contributed by atoms with Crippen molar-refractivity contribution in [2.45, 2.75) is 31.8 Å². The topological polar surface area (TPSA) is 49.5 Å². The fourth-order valence-electron chi connectivity index (χ4n) is 2.45. The van der Waals surface area contributed by atoms with Crippen molar-refractivity contribution >= 4 is 5.69 Å². The predicted octanol–water partition coefficient (Wildman–Crippen LogP) is 1.32. The van der Waals surface area contributed by atoms with E-state index in [1.54, 1.807) is 0 Å². The highest BCUT2D eigenvalue weighted by molar-refractivity contribution is 5.61.